The zero-order valence-electron chi connectivity index (χ0n) is 17.2. The second-order valence-electron chi connectivity index (χ2n) is 6.76. The monoisotopic (exact) mass is 484 g/mol. The molecule has 7 nitrogen and oxygen atoms in total. The molecule has 0 radical (unpaired) electrons. The van der Waals surface area contributed by atoms with E-state index in [1.165, 1.54) is 0 Å². The topological polar surface area (TPSA) is 84.9 Å². The molecule has 0 atom stereocenters. The summed E-state index contributed by atoms with van der Waals surface area (Å²) in [5.74, 6) is 2.06. The highest BCUT2D eigenvalue weighted by Crippen LogP contribution is 2.34. The predicted molar refractivity (Wildman–Crippen MR) is 125 cm³/mol. The molecule has 3 rings (SSSR count). The number of hydrogen-bond donors (Lipinski definition) is 1. The van der Waals surface area contributed by atoms with Crippen molar-refractivity contribution in [1.29, 1.82) is 0 Å². The Hall–Kier alpha value is -2.10. The summed E-state index contributed by atoms with van der Waals surface area (Å²) in [5.41, 5.74) is 1.53. The quantitative estimate of drug-likeness (QED) is 0.521. The number of rotatable bonds is 10. The molecule has 1 aliphatic rings. The van der Waals surface area contributed by atoms with Crippen LogP contribution in [0.4, 0.5) is 5.69 Å². The van der Waals surface area contributed by atoms with Gasteiger partial charge < -0.3 is 14.8 Å². The van der Waals surface area contributed by atoms with Gasteiger partial charge in [0, 0.05) is 29.1 Å². The van der Waals surface area contributed by atoms with Gasteiger partial charge in [0.1, 0.15) is 19.8 Å². The number of fused-ring (bicyclic) bond motifs is 1. The summed E-state index contributed by atoms with van der Waals surface area (Å²) in [7, 11) is -3.65. The Kier molecular flexibility index (Phi) is 8.34. The fourth-order valence-electron chi connectivity index (χ4n) is 2.91. The molecule has 0 saturated carbocycles. The normalized spacial score (nSPS) is 13.0. The zero-order chi connectivity index (χ0) is 22.3. The number of sulfonamides is 1. The summed E-state index contributed by atoms with van der Waals surface area (Å²) < 4.78 is 37.4. The van der Waals surface area contributed by atoms with Crippen LogP contribution in [0.1, 0.15) is 12.5 Å². The van der Waals surface area contributed by atoms with Crippen LogP contribution < -0.4 is 19.1 Å². The fourth-order valence-corrected chi connectivity index (χ4v) is 4.92. The highest BCUT2D eigenvalue weighted by atomic mass is 35.5. The van der Waals surface area contributed by atoms with Crippen molar-refractivity contribution >= 4 is 45.0 Å². The third-order valence-corrected chi connectivity index (χ3v) is 7.58. The highest BCUT2D eigenvalue weighted by molar-refractivity contribution is 7.98. The lowest BCUT2D eigenvalue weighted by Gasteiger charge is -2.25. The number of hydrogen-bond acceptors (Lipinski definition) is 6. The van der Waals surface area contributed by atoms with Crippen molar-refractivity contribution in [2.24, 2.45) is 0 Å². The number of nitrogens with one attached hydrogen (secondary N) is 1. The molecule has 2 aromatic carbocycles. The van der Waals surface area contributed by atoms with E-state index in [1.54, 1.807) is 36.9 Å². The molecular weight excluding hydrogens is 460 g/mol. The van der Waals surface area contributed by atoms with Crippen LogP contribution in [-0.4, -0.2) is 52.1 Å². The second kappa shape index (κ2) is 11.0. The first kappa shape index (κ1) is 23.6. The minimum Gasteiger partial charge on any atom is -0.486 e. The maximum atomic E-state index is 12.6. The van der Waals surface area contributed by atoms with E-state index in [0.29, 0.717) is 47.7 Å². The Morgan fingerprint density at radius 1 is 1.13 bits per heavy atom. The van der Waals surface area contributed by atoms with E-state index in [0.717, 1.165) is 15.6 Å². The highest BCUT2D eigenvalue weighted by Gasteiger charge is 2.25. The van der Waals surface area contributed by atoms with E-state index >= 15 is 0 Å². The third-order valence-electron chi connectivity index (χ3n) is 4.55. The molecule has 0 aliphatic carbocycles. The number of thioether (sulfide) groups is 1. The van der Waals surface area contributed by atoms with Gasteiger partial charge in [-0.1, -0.05) is 23.7 Å². The number of benzene rings is 2. The fraction of sp³-hybridized carbons (Fsp3) is 0.381. The number of carbonyl (C=O) groups is 1. The molecule has 0 bridgehead atoms. The van der Waals surface area contributed by atoms with Crippen LogP contribution in [0, 0.1) is 0 Å². The lowest BCUT2D eigenvalue weighted by atomic mass is 10.2. The van der Waals surface area contributed by atoms with Gasteiger partial charge in [0.25, 0.3) is 0 Å². The van der Waals surface area contributed by atoms with Gasteiger partial charge in [-0.05, 0) is 36.8 Å². The van der Waals surface area contributed by atoms with E-state index in [2.05, 4.69) is 5.32 Å². The molecule has 31 heavy (non-hydrogen) atoms. The lowest BCUT2D eigenvalue weighted by Crippen LogP contribution is -2.42. The second-order valence-corrected chi connectivity index (χ2v) is 10.5. The summed E-state index contributed by atoms with van der Waals surface area (Å²) in [6, 6.07) is 12.5. The van der Waals surface area contributed by atoms with Crippen molar-refractivity contribution in [3.8, 4) is 11.5 Å². The Bertz CT molecular complexity index is 999. The summed E-state index contributed by atoms with van der Waals surface area (Å²) >= 11 is 7.55. The van der Waals surface area contributed by atoms with Crippen molar-refractivity contribution in [1.82, 2.24) is 5.32 Å². The zero-order valence-corrected chi connectivity index (χ0v) is 19.6. The van der Waals surface area contributed by atoms with Gasteiger partial charge in [-0.2, -0.15) is 11.8 Å². The molecule has 10 heteroatoms. The molecule has 0 spiro atoms. The first-order valence-electron chi connectivity index (χ1n) is 9.88. The van der Waals surface area contributed by atoms with Gasteiger partial charge in [-0.25, -0.2) is 8.42 Å². The molecular formula is C21H25ClN2O5S2. The Labute approximate surface area is 192 Å². The van der Waals surface area contributed by atoms with E-state index in [9.17, 15) is 13.2 Å². The number of halogens is 1. The van der Waals surface area contributed by atoms with Crippen LogP contribution in [0.3, 0.4) is 0 Å². The molecule has 1 aliphatic heterocycles. The third kappa shape index (κ3) is 6.69. The molecule has 1 heterocycles. The molecule has 0 unspecified atom stereocenters. The number of amides is 1. The Morgan fingerprint density at radius 3 is 2.55 bits per heavy atom. The summed E-state index contributed by atoms with van der Waals surface area (Å²) in [4.78, 5) is 12.5. The van der Waals surface area contributed by atoms with Crippen molar-refractivity contribution in [2.75, 3.05) is 42.1 Å². The van der Waals surface area contributed by atoms with Gasteiger partial charge in [0.05, 0.1) is 11.4 Å². The van der Waals surface area contributed by atoms with Crippen molar-refractivity contribution in [3.63, 3.8) is 0 Å². The molecule has 0 fully saturated rings. The van der Waals surface area contributed by atoms with Crippen LogP contribution in [0.15, 0.2) is 42.5 Å². The largest absolute Gasteiger partial charge is 0.486 e. The van der Waals surface area contributed by atoms with Gasteiger partial charge in [-0.15, -0.1) is 0 Å². The van der Waals surface area contributed by atoms with Crippen molar-refractivity contribution < 1.29 is 22.7 Å². The first-order chi connectivity index (χ1) is 14.9. The van der Waals surface area contributed by atoms with Gasteiger partial charge >= 0.3 is 0 Å². The van der Waals surface area contributed by atoms with E-state index < -0.39 is 10.0 Å². The smallest absolute Gasteiger partial charge is 0.240 e. The number of anilines is 1. The van der Waals surface area contributed by atoms with Crippen LogP contribution >= 0.6 is 23.4 Å². The first-order valence-corrected chi connectivity index (χ1v) is 13.0. The molecule has 0 aromatic heterocycles. The average Bonchev–Trinajstić information content (AvgIpc) is 2.78. The predicted octanol–water partition coefficient (Wildman–Crippen LogP) is 3.32. The van der Waals surface area contributed by atoms with E-state index in [4.69, 9.17) is 21.1 Å². The standard InChI is InChI=1S/C21H25ClN2O5S2/c1-2-31(26,27)24(18-7-8-19-20(13-18)29-11-10-28-19)14-21(25)23-9-12-30-15-16-3-5-17(22)6-4-16/h3-8,13H,2,9-12,14-15H2,1H3,(H,23,25). The van der Waals surface area contributed by atoms with Crippen molar-refractivity contribution in [2.45, 2.75) is 12.7 Å². The Balaban J connectivity index is 1.55. The SMILES string of the molecule is CCS(=O)(=O)N(CC(=O)NCCSCc1ccc(Cl)cc1)c1ccc2c(c1)OCCO2. The lowest BCUT2D eigenvalue weighted by molar-refractivity contribution is -0.119. The molecule has 2 aromatic rings. The van der Waals surface area contributed by atoms with Gasteiger partial charge in [-0.3, -0.25) is 9.10 Å². The number of nitrogens with zero attached hydrogens (tertiary/aromatic N) is 1. The molecule has 1 amide bonds. The van der Waals surface area contributed by atoms with Crippen LogP contribution in [0.5, 0.6) is 11.5 Å². The van der Waals surface area contributed by atoms with E-state index in [1.807, 2.05) is 24.3 Å². The van der Waals surface area contributed by atoms with Gasteiger partial charge in [0.15, 0.2) is 11.5 Å². The van der Waals surface area contributed by atoms with Crippen molar-refractivity contribution in [3.05, 3.63) is 53.1 Å². The number of ether oxygens (including phenoxy) is 2. The van der Waals surface area contributed by atoms with Crippen LogP contribution in [0.25, 0.3) is 0 Å². The van der Waals surface area contributed by atoms with Crippen LogP contribution in [-0.2, 0) is 20.6 Å². The molecule has 0 saturated heterocycles. The summed E-state index contributed by atoms with van der Waals surface area (Å²) in [6.07, 6.45) is 0. The maximum absolute atomic E-state index is 12.6. The minimum atomic E-state index is -3.65. The molecule has 168 valence electrons. The summed E-state index contributed by atoms with van der Waals surface area (Å²) in [5, 5.41) is 3.49. The molecule has 1 N–H and O–H groups in total. The Morgan fingerprint density at radius 2 is 1.84 bits per heavy atom. The number of carbonyl (C=O) groups excluding carboxylic acids is 1. The average molecular weight is 485 g/mol. The minimum absolute atomic E-state index is 0.119. The van der Waals surface area contributed by atoms with Gasteiger partial charge in [0.2, 0.25) is 15.9 Å². The summed E-state index contributed by atoms with van der Waals surface area (Å²) in [6.45, 7) is 2.54. The van der Waals surface area contributed by atoms with E-state index in [-0.39, 0.29) is 18.2 Å². The maximum Gasteiger partial charge on any atom is 0.240 e. The van der Waals surface area contributed by atoms with Crippen LogP contribution in [0.2, 0.25) is 5.02 Å².